The zero-order valence-electron chi connectivity index (χ0n) is 14.3. The van der Waals surface area contributed by atoms with Crippen LogP contribution in [0.1, 0.15) is 26.4 Å². The Kier molecular flexibility index (Phi) is 4.00. The zero-order valence-corrected chi connectivity index (χ0v) is 15.1. The molecular formula is C19H16N4O2S. The van der Waals surface area contributed by atoms with Gasteiger partial charge < -0.3 is 5.32 Å². The van der Waals surface area contributed by atoms with Crippen LogP contribution in [-0.2, 0) is 6.54 Å². The molecule has 0 radical (unpaired) electrons. The van der Waals surface area contributed by atoms with Crippen LogP contribution in [0.4, 0.5) is 0 Å². The molecule has 6 nitrogen and oxygen atoms in total. The predicted molar refractivity (Wildman–Crippen MR) is 102 cm³/mol. The van der Waals surface area contributed by atoms with Gasteiger partial charge in [0.1, 0.15) is 4.88 Å². The van der Waals surface area contributed by atoms with Crippen LogP contribution in [0.15, 0.2) is 47.5 Å². The van der Waals surface area contributed by atoms with Gasteiger partial charge in [0.25, 0.3) is 11.5 Å². The Hall–Kier alpha value is -3.06. The monoisotopic (exact) mass is 364 g/mol. The quantitative estimate of drug-likeness (QED) is 0.606. The number of aryl methyl sites for hydroxylation is 2. The van der Waals surface area contributed by atoms with Gasteiger partial charge in [-0.25, -0.2) is 4.98 Å². The van der Waals surface area contributed by atoms with Crippen molar-refractivity contribution < 1.29 is 4.79 Å². The van der Waals surface area contributed by atoms with E-state index in [1.54, 1.807) is 16.8 Å². The molecule has 0 aliphatic heterocycles. The number of fused-ring (bicyclic) bond motifs is 3. The van der Waals surface area contributed by atoms with Gasteiger partial charge in [0.15, 0.2) is 4.96 Å². The smallest absolute Gasteiger partial charge is 0.261 e. The molecule has 0 unspecified atom stereocenters. The Bertz CT molecular complexity index is 1200. The van der Waals surface area contributed by atoms with Gasteiger partial charge in [-0.05, 0) is 48.7 Å². The molecule has 0 spiro atoms. The Balaban J connectivity index is 1.71. The molecule has 26 heavy (non-hydrogen) atoms. The van der Waals surface area contributed by atoms with Crippen molar-refractivity contribution in [3.8, 4) is 0 Å². The van der Waals surface area contributed by atoms with Crippen molar-refractivity contribution >= 4 is 33.2 Å². The van der Waals surface area contributed by atoms with Crippen LogP contribution in [0.25, 0.3) is 16.0 Å². The average molecular weight is 364 g/mol. The third-order valence-electron chi connectivity index (χ3n) is 4.32. The summed E-state index contributed by atoms with van der Waals surface area (Å²) in [6.45, 7) is 4.37. The number of nitrogens with one attached hydrogen (secondary N) is 1. The summed E-state index contributed by atoms with van der Waals surface area (Å²) in [6.07, 6.45) is 3.37. The van der Waals surface area contributed by atoms with Gasteiger partial charge in [-0.1, -0.05) is 17.4 Å². The van der Waals surface area contributed by atoms with Crippen molar-refractivity contribution in [2.75, 3.05) is 0 Å². The van der Waals surface area contributed by atoms with Gasteiger partial charge in [0.2, 0.25) is 0 Å². The summed E-state index contributed by atoms with van der Waals surface area (Å²) in [5, 5.41) is 2.81. The van der Waals surface area contributed by atoms with E-state index < -0.39 is 0 Å². The van der Waals surface area contributed by atoms with Gasteiger partial charge in [0.05, 0.1) is 11.0 Å². The normalized spacial score (nSPS) is 11.2. The van der Waals surface area contributed by atoms with Crippen LogP contribution in [0.3, 0.4) is 0 Å². The third-order valence-corrected chi connectivity index (χ3v) is 5.29. The molecule has 4 aromatic rings. The molecule has 3 aromatic heterocycles. The van der Waals surface area contributed by atoms with Gasteiger partial charge in [-0.15, -0.1) is 0 Å². The number of pyridine rings is 1. The van der Waals surface area contributed by atoms with E-state index in [0.29, 0.717) is 16.4 Å². The second-order valence-electron chi connectivity index (χ2n) is 6.15. The van der Waals surface area contributed by atoms with Crippen LogP contribution in [0.5, 0.6) is 0 Å². The second kappa shape index (κ2) is 6.34. The number of imidazole rings is 1. The first-order chi connectivity index (χ1) is 12.5. The van der Waals surface area contributed by atoms with E-state index in [0.717, 1.165) is 27.7 Å². The van der Waals surface area contributed by atoms with Gasteiger partial charge in [-0.2, -0.15) is 0 Å². The summed E-state index contributed by atoms with van der Waals surface area (Å²) in [5.74, 6) is -0.294. The summed E-state index contributed by atoms with van der Waals surface area (Å²) in [7, 11) is 0. The van der Waals surface area contributed by atoms with Crippen LogP contribution in [-0.4, -0.2) is 20.3 Å². The minimum atomic E-state index is -0.294. The lowest BCUT2D eigenvalue weighted by molar-refractivity contribution is 0.0954. The van der Waals surface area contributed by atoms with E-state index in [4.69, 9.17) is 0 Å². The molecule has 1 amide bonds. The van der Waals surface area contributed by atoms with Crippen molar-refractivity contribution in [3.05, 3.63) is 74.6 Å². The molecule has 1 aromatic carbocycles. The van der Waals surface area contributed by atoms with Crippen LogP contribution in [0.2, 0.25) is 0 Å². The highest BCUT2D eigenvalue weighted by molar-refractivity contribution is 7.18. The topological polar surface area (TPSA) is 76.4 Å². The van der Waals surface area contributed by atoms with E-state index in [1.165, 1.54) is 17.4 Å². The molecule has 7 heteroatoms. The average Bonchev–Trinajstić information content (AvgIpc) is 2.98. The van der Waals surface area contributed by atoms with Crippen LogP contribution in [0, 0.1) is 13.8 Å². The summed E-state index contributed by atoms with van der Waals surface area (Å²) < 4.78 is 1.56. The Morgan fingerprint density at radius 1 is 1.23 bits per heavy atom. The van der Waals surface area contributed by atoms with Crippen molar-refractivity contribution in [2.45, 2.75) is 20.4 Å². The molecule has 130 valence electrons. The van der Waals surface area contributed by atoms with E-state index in [1.807, 2.05) is 38.1 Å². The maximum Gasteiger partial charge on any atom is 0.261 e. The van der Waals surface area contributed by atoms with E-state index in [2.05, 4.69) is 15.3 Å². The van der Waals surface area contributed by atoms with Crippen molar-refractivity contribution in [1.82, 2.24) is 19.7 Å². The number of hydrogen-bond acceptors (Lipinski definition) is 5. The lowest BCUT2D eigenvalue weighted by atomic mass is 10.1. The van der Waals surface area contributed by atoms with Gasteiger partial charge >= 0.3 is 0 Å². The molecular weight excluding hydrogens is 348 g/mol. The summed E-state index contributed by atoms with van der Waals surface area (Å²) >= 11 is 1.21. The van der Waals surface area contributed by atoms with Gasteiger partial charge in [-0.3, -0.25) is 19.0 Å². The van der Waals surface area contributed by atoms with Crippen molar-refractivity contribution in [2.24, 2.45) is 0 Å². The Morgan fingerprint density at radius 2 is 2.04 bits per heavy atom. The van der Waals surface area contributed by atoms with Crippen molar-refractivity contribution in [3.63, 3.8) is 0 Å². The fourth-order valence-electron chi connectivity index (χ4n) is 2.78. The highest BCUT2D eigenvalue weighted by Crippen LogP contribution is 2.22. The number of benzene rings is 1. The summed E-state index contributed by atoms with van der Waals surface area (Å²) in [6, 6.07) is 8.98. The third kappa shape index (κ3) is 2.86. The highest BCUT2D eigenvalue weighted by Gasteiger charge is 2.14. The standard InChI is InChI=1S/C19H16N4O2S/c1-11-6-14-15(7-12(11)2)23-17(24)8-16(26-19(23)22-14)18(25)21-10-13-4-3-5-20-9-13/h3-9H,10H2,1-2H3,(H,21,25). The Morgan fingerprint density at radius 3 is 2.81 bits per heavy atom. The SMILES string of the molecule is Cc1cc2nc3sc(C(=O)NCc4cccnc4)cc(=O)n3c2cc1C. The lowest BCUT2D eigenvalue weighted by Crippen LogP contribution is -2.24. The molecule has 1 N–H and O–H groups in total. The molecule has 0 bridgehead atoms. The number of carbonyl (C=O) groups excluding carboxylic acids is 1. The van der Waals surface area contributed by atoms with E-state index in [9.17, 15) is 9.59 Å². The number of nitrogens with zero attached hydrogens (tertiary/aromatic N) is 3. The summed E-state index contributed by atoms with van der Waals surface area (Å²) in [5.41, 5.74) is 4.39. The number of amides is 1. The molecule has 0 atom stereocenters. The zero-order chi connectivity index (χ0) is 18.3. The number of aromatic nitrogens is 3. The first-order valence-electron chi connectivity index (χ1n) is 8.13. The van der Waals surface area contributed by atoms with Gasteiger partial charge in [0, 0.05) is 25.0 Å². The first-order valence-corrected chi connectivity index (χ1v) is 8.95. The minimum absolute atomic E-state index is 0.254. The van der Waals surface area contributed by atoms with E-state index >= 15 is 0 Å². The molecule has 0 saturated carbocycles. The number of carbonyl (C=O) groups is 1. The van der Waals surface area contributed by atoms with E-state index in [-0.39, 0.29) is 11.5 Å². The Labute approximate surface area is 153 Å². The first kappa shape index (κ1) is 16.4. The van der Waals surface area contributed by atoms with Crippen LogP contribution < -0.4 is 10.9 Å². The molecule has 3 heterocycles. The molecule has 0 saturated heterocycles. The molecule has 0 aliphatic rings. The largest absolute Gasteiger partial charge is 0.347 e. The molecule has 0 aliphatic carbocycles. The number of hydrogen-bond donors (Lipinski definition) is 1. The fourth-order valence-corrected chi connectivity index (χ4v) is 3.73. The molecule has 4 rings (SSSR count). The van der Waals surface area contributed by atoms with Crippen LogP contribution >= 0.6 is 11.3 Å². The lowest BCUT2D eigenvalue weighted by Gasteiger charge is -2.04. The maximum atomic E-state index is 12.6. The predicted octanol–water partition coefficient (Wildman–Crippen LogP) is 2.85. The maximum absolute atomic E-state index is 12.6. The fraction of sp³-hybridized carbons (Fsp3) is 0.158. The summed E-state index contributed by atoms with van der Waals surface area (Å²) in [4.78, 5) is 34.4. The highest BCUT2D eigenvalue weighted by atomic mass is 32.1. The van der Waals surface area contributed by atoms with Crippen molar-refractivity contribution in [1.29, 1.82) is 0 Å². The molecule has 0 fully saturated rings. The number of rotatable bonds is 3. The second-order valence-corrected chi connectivity index (χ2v) is 7.16. The minimum Gasteiger partial charge on any atom is -0.347 e.